The summed E-state index contributed by atoms with van der Waals surface area (Å²) < 4.78 is 0. The van der Waals surface area contributed by atoms with Gasteiger partial charge in [-0.1, -0.05) is 0 Å². The molecule has 3 atom stereocenters. The predicted octanol–water partition coefficient (Wildman–Crippen LogP) is -1.71. The van der Waals surface area contributed by atoms with Gasteiger partial charge in [0.2, 0.25) is 5.91 Å². The van der Waals surface area contributed by atoms with E-state index in [0.29, 0.717) is 25.8 Å². The van der Waals surface area contributed by atoms with Gasteiger partial charge in [-0.25, -0.2) is 0 Å². The summed E-state index contributed by atoms with van der Waals surface area (Å²) in [6, 6.07) is -1.01. The average molecular weight is 359 g/mol. The fraction of sp³-hybridized carbons (Fsp3) is 0.812. The Morgan fingerprint density at radius 1 is 1.16 bits per heavy atom. The Morgan fingerprint density at radius 3 is 2.24 bits per heavy atom. The molecule has 3 unspecified atom stereocenters. The summed E-state index contributed by atoms with van der Waals surface area (Å²) in [7, 11) is 5.44. The molecule has 0 radical (unpaired) electrons. The fourth-order valence-corrected chi connectivity index (χ4v) is 2.34. The van der Waals surface area contributed by atoms with Gasteiger partial charge in [0, 0.05) is 12.3 Å². The number of carboxylic acid groups (broad SMARTS) is 1. The molecule has 0 aromatic carbocycles. The second kappa shape index (κ2) is 13.7. The van der Waals surface area contributed by atoms with Crippen LogP contribution < -0.4 is 27.0 Å². The van der Waals surface area contributed by atoms with Gasteiger partial charge in [0.25, 0.3) is 0 Å². The van der Waals surface area contributed by atoms with Crippen molar-refractivity contribution in [2.75, 3.05) is 40.8 Å². The lowest BCUT2D eigenvalue weighted by Crippen LogP contribution is -2.51. The van der Waals surface area contributed by atoms with Gasteiger partial charge in [-0.05, 0) is 60.0 Å². The van der Waals surface area contributed by atoms with Gasteiger partial charge in [-0.3, -0.25) is 14.4 Å². The van der Waals surface area contributed by atoms with Crippen LogP contribution in [-0.4, -0.2) is 75.6 Å². The van der Waals surface area contributed by atoms with E-state index in [1.54, 1.807) is 7.05 Å². The van der Waals surface area contributed by atoms with Crippen molar-refractivity contribution in [2.24, 2.45) is 11.7 Å². The summed E-state index contributed by atoms with van der Waals surface area (Å²) in [5, 5.41) is 19.8. The summed E-state index contributed by atoms with van der Waals surface area (Å²) in [5.74, 6) is -0.900. The molecule has 25 heavy (non-hydrogen) atoms. The standard InChI is InChI=1S/C11H21N3O2.C5H12N2O2/c1-12-5-3-8-7-10(15)9(4-6-13-2)14-11(8)16;1-7-3-2-4(6)5(8)9/h8-9,12-13H,3-7H2,1-2H3,(H,14,16);4,7H,2-3,6H2,1H3,(H,8,9). The Labute approximate surface area is 149 Å². The number of Topliss-reactive ketones (excluding diaryl/α,β-unsaturated/α-hetero) is 1. The van der Waals surface area contributed by atoms with Crippen molar-refractivity contribution in [3.8, 4) is 0 Å². The largest absolute Gasteiger partial charge is 0.480 e. The number of carbonyl (C=O) groups is 3. The number of rotatable bonds is 10. The third-order valence-corrected chi connectivity index (χ3v) is 3.97. The summed E-state index contributed by atoms with van der Waals surface area (Å²) in [4.78, 5) is 33.5. The molecule has 9 nitrogen and oxygen atoms in total. The Kier molecular flexibility index (Phi) is 12.9. The molecule has 0 aromatic heterocycles. The molecule has 146 valence electrons. The van der Waals surface area contributed by atoms with Crippen LogP contribution in [0.4, 0.5) is 0 Å². The number of amides is 1. The third-order valence-electron chi connectivity index (χ3n) is 3.97. The molecule has 1 rings (SSSR count). The van der Waals surface area contributed by atoms with Crippen LogP contribution in [0.25, 0.3) is 0 Å². The zero-order valence-corrected chi connectivity index (χ0v) is 15.4. The number of nitrogens with one attached hydrogen (secondary N) is 4. The lowest BCUT2D eigenvalue weighted by Gasteiger charge is -2.28. The van der Waals surface area contributed by atoms with E-state index in [9.17, 15) is 14.4 Å². The summed E-state index contributed by atoms with van der Waals surface area (Å²) >= 11 is 0. The quantitative estimate of drug-likeness (QED) is 0.270. The topological polar surface area (TPSA) is 146 Å². The highest BCUT2D eigenvalue weighted by Crippen LogP contribution is 2.17. The maximum absolute atomic E-state index is 11.8. The lowest BCUT2D eigenvalue weighted by molar-refractivity contribution is -0.138. The zero-order chi connectivity index (χ0) is 19.2. The third kappa shape index (κ3) is 10.1. The van der Waals surface area contributed by atoms with Crippen molar-refractivity contribution >= 4 is 17.7 Å². The lowest BCUT2D eigenvalue weighted by atomic mass is 9.89. The van der Waals surface area contributed by atoms with E-state index in [0.717, 1.165) is 19.5 Å². The molecular formula is C16H33N5O4. The van der Waals surface area contributed by atoms with Crippen LogP contribution in [0.1, 0.15) is 25.7 Å². The van der Waals surface area contributed by atoms with Crippen molar-refractivity contribution < 1.29 is 19.5 Å². The summed E-state index contributed by atoms with van der Waals surface area (Å²) in [6.45, 7) is 2.16. The first-order chi connectivity index (χ1) is 11.9. The molecule has 7 N–H and O–H groups in total. The smallest absolute Gasteiger partial charge is 0.320 e. The molecule has 0 aliphatic carbocycles. The van der Waals surface area contributed by atoms with Gasteiger partial charge in [0.1, 0.15) is 6.04 Å². The average Bonchev–Trinajstić information content (AvgIpc) is 2.59. The molecule has 0 saturated carbocycles. The van der Waals surface area contributed by atoms with Gasteiger partial charge in [-0.2, -0.15) is 0 Å². The molecule has 1 aliphatic heterocycles. The molecule has 1 heterocycles. The van der Waals surface area contributed by atoms with Crippen LogP contribution in [0.5, 0.6) is 0 Å². The Morgan fingerprint density at radius 2 is 1.72 bits per heavy atom. The predicted molar refractivity (Wildman–Crippen MR) is 96.3 cm³/mol. The zero-order valence-electron chi connectivity index (χ0n) is 15.4. The minimum atomic E-state index is -0.940. The highest BCUT2D eigenvalue weighted by molar-refractivity contribution is 5.96. The van der Waals surface area contributed by atoms with Crippen molar-refractivity contribution in [1.29, 1.82) is 0 Å². The van der Waals surface area contributed by atoms with Crippen LogP contribution in [0.2, 0.25) is 0 Å². The Bertz CT molecular complexity index is 393. The molecule has 1 aliphatic rings. The maximum Gasteiger partial charge on any atom is 0.320 e. The van der Waals surface area contributed by atoms with E-state index in [1.165, 1.54) is 0 Å². The van der Waals surface area contributed by atoms with E-state index in [2.05, 4.69) is 21.3 Å². The van der Waals surface area contributed by atoms with Crippen LogP contribution in [0, 0.1) is 5.92 Å². The number of carbonyl (C=O) groups excluding carboxylic acids is 2. The number of nitrogens with two attached hydrogens (primary N) is 1. The number of carboxylic acids is 1. The van der Waals surface area contributed by atoms with Crippen molar-refractivity contribution in [3.63, 3.8) is 0 Å². The van der Waals surface area contributed by atoms with Gasteiger partial charge in [-0.15, -0.1) is 0 Å². The molecule has 0 bridgehead atoms. The first kappa shape index (κ1) is 23.4. The molecule has 1 amide bonds. The van der Waals surface area contributed by atoms with Crippen LogP contribution in [0.3, 0.4) is 0 Å². The number of ketones is 1. The van der Waals surface area contributed by atoms with E-state index < -0.39 is 12.0 Å². The van der Waals surface area contributed by atoms with E-state index in [-0.39, 0.29) is 23.7 Å². The molecule has 0 spiro atoms. The molecule has 9 heteroatoms. The van der Waals surface area contributed by atoms with E-state index in [4.69, 9.17) is 10.8 Å². The number of hydrogen-bond donors (Lipinski definition) is 6. The SMILES string of the molecule is CNCCC(N)C(=O)O.CNCCC1CC(=O)C(CCNC)NC1=O. The number of hydrogen-bond acceptors (Lipinski definition) is 7. The number of piperidine rings is 1. The highest BCUT2D eigenvalue weighted by atomic mass is 16.4. The summed E-state index contributed by atoms with van der Waals surface area (Å²) in [6.07, 6.45) is 2.28. The minimum Gasteiger partial charge on any atom is -0.480 e. The van der Waals surface area contributed by atoms with E-state index in [1.807, 2.05) is 14.1 Å². The van der Waals surface area contributed by atoms with E-state index >= 15 is 0 Å². The molecule has 1 saturated heterocycles. The number of aliphatic carboxylic acids is 1. The van der Waals surface area contributed by atoms with Gasteiger partial charge < -0.3 is 32.1 Å². The van der Waals surface area contributed by atoms with Crippen molar-refractivity contribution in [1.82, 2.24) is 21.3 Å². The minimum absolute atomic E-state index is 0.0240. The second-order valence-corrected chi connectivity index (χ2v) is 6.05. The first-order valence-electron chi connectivity index (χ1n) is 8.62. The van der Waals surface area contributed by atoms with Crippen LogP contribution in [0.15, 0.2) is 0 Å². The first-order valence-corrected chi connectivity index (χ1v) is 8.62. The Balaban J connectivity index is 0.000000547. The fourth-order valence-electron chi connectivity index (χ4n) is 2.34. The molecule has 1 fully saturated rings. The van der Waals surface area contributed by atoms with Crippen molar-refractivity contribution in [3.05, 3.63) is 0 Å². The van der Waals surface area contributed by atoms with Gasteiger partial charge in [0.15, 0.2) is 5.78 Å². The van der Waals surface area contributed by atoms with Crippen molar-refractivity contribution in [2.45, 2.75) is 37.8 Å². The highest BCUT2D eigenvalue weighted by Gasteiger charge is 2.33. The van der Waals surface area contributed by atoms with Crippen LogP contribution in [-0.2, 0) is 14.4 Å². The molecule has 0 aromatic rings. The van der Waals surface area contributed by atoms with Crippen LogP contribution >= 0.6 is 0 Å². The monoisotopic (exact) mass is 359 g/mol. The summed E-state index contributed by atoms with van der Waals surface area (Å²) in [5.41, 5.74) is 5.16. The Hall–Kier alpha value is -1.55. The normalized spacial score (nSPS) is 21.1. The maximum atomic E-state index is 11.8. The molecular weight excluding hydrogens is 326 g/mol. The van der Waals surface area contributed by atoms with Gasteiger partial charge >= 0.3 is 5.97 Å². The second-order valence-electron chi connectivity index (χ2n) is 6.05. The van der Waals surface area contributed by atoms with Gasteiger partial charge in [0.05, 0.1) is 6.04 Å².